The van der Waals surface area contributed by atoms with E-state index < -0.39 is 0 Å². The minimum absolute atomic E-state index is 0.0641. The molecule has 1 aliphatic rings. The van der Waals surface area contributed by atoms with E-state index in [1.165, 1.54) is 19.3 Å². The van der Waals surface area contributed by atoms with Gasteiger partial charge in [-0.15, -0.1) is 0 Å². The fourth-order valence-corrected chi connectivity index (χ4v) is 3.31. The van der Waals surface area contributed by atoms with E-state index in [-0.39, 0.29) is 5.78 Å². The average molecular weight is 294 g/mol. The molecule has 1 aliphatic heterocycles. The average Bonchev–Trinajstić information content (AvgIpc) is 2.64. The predicted octanol–water partition coefficient (Wildman–Crippen LogP) is 4.81. The SMILES string of the molecule is CC(=O)c1ccc(N2CCCC(C(C)C)CC2)c(Cl)c1. The molecule has 0 amide bonds. The highest BCUT2D eigenvalue weighted by molar-refractivity contribution is 6.33. The number of anilines is 1. The van der Waals surface area contributed by atoms with E-state index in [0.717, 1.165) is 30.6 Å². The van der Waals surface area contributed by atoms with Gasteiger partial charge in [0.1, 0.15) is 0 Å². The Bertz CT molecular complexity index is 484. The van der Waals surface area contributed by atoms with Gasteiger partial charge in [-0.3, -0.25) is 4.79 Å². The van der Waals surface area contributed by atoms with Crippen LogP contribution in [0.3, 0.4) is 0 Å². The van der Waals surface area contributed by atoms with Gasteiger partial charge in [-0.05, 0) is 56.2 Å². The van der Waals surface area contributed by atoms with Crippen LogP contribution in [0.5, 0.6) is 0 Å². The Hall–Kier alpha value is -1.02. The van der Waals surface area contributed by atoms with Crippen LogP contribution < -0.4 is 4.90 Å². The lowest BCUT2D eigenvalue weighted by atomic mass is 9.89. The highest BCUT2D eigenvalue weighted by Crippen LogP contribution is 2.31. The Morgan fingerprint density at radius 2 is 2.05 bits per heavy atom. The molecule has 0 spiro atoms. The van der Waals surface area contributed by atoms with Gasteiger partial charge in [0.2, 0.25) is 0 Å². The van der Waals surface area contributed by atoms with E-state index in [4.69, 9.17) is 11.6 Å². The molecule has 110 valence electrons. The number of benzene rings is 1. The van der Waals surface area contributed by atoms with Crippen molar-refractivity contribution in [3.8, 4) is 0 Å². The van der Waals surface area contributed by atoms with Crippen LogP contribution in [0.15, 0.2) is 18.2 Å². The predicted molar refractivity (Wildman–Crippen MR) is 85.8 cm³/mol. The maximum Gasteiger partial charge on any atom is 0.159 e. The standard InChI is InChI=1S/C17H24ClNO/c1-12(2)14-5-4-9-19(10-8-14)17-7-6-15(13(3)20)11-16(17)18/h6-7,11-12,14H,4-5,8-10H2,1-3H3. The van der Waals surface area contributed by atoms with Crippen LogP contribution in [-0.2, 0) is 0 Å². The number of carbonyl (C=O) groups is 1. The van der Waals surface area contributed by atoms with Crippen LogP contribution in [0.4, 0.5) is 5.69 Å². The Labute approximate surface area is 127 Å². The minimum atomic E-state index is 0.0641. The van der Waals surface area contributed by atoms with Gasteiger partial charge < -0.3 is 4.90 Å². The number of carbonyl (C=O) groups excluding carboxylic acids is 1. The smallest absolute Gasteiger partial charge is 0.159 e. The highest BCUT2D eigenvalue weighted by Gasteiger charge is 2.21. The van der Waals surface area contributed by atoms with Gasteiger partial charge in [0.05, 0.1) is 10.7 Å². The normalized spacial score (nSPS) is 20.1. The number of hydrogen-bond donors (Lipinski definition) is 0. The summed E-state index contributed by atoms with van der Waals surface area (Å²) < 4.78 is 0. The quantitative estimate of drug-likeness (QED) is 0.746. The van der Waals surface area contributed by atoms with Crippen molar-refractivity contribution in [3.63, 3.8) is 0 Å². The molecule has 0 radical (unpaired) electrons. The number of ketones is 1. The summed E-state index contributed by atoms with van der Waals surface area (Å²) in [6.07, 6.45) is 3.74. The molecule has 1 aromatic carbocycles. The molecule has 0 bridgehead atoms. The number of Topliss-reactive ketones (excluding diaryl/α,β-unsaturated/α-hetero) is 1. The van der Waals surface area contributed by atoms with Crippen LogP contribution in [0.1, 0.15) is 50.4 Å². The molecule has 0 N–H and O–H groups in total. The van der Waals surface area contributed by atoms with Gasteiger partial charge in [0.25, 0.3) is 0 Å². The van der Waals surface area contributed by atoms with Gasteiger partial charge >= 0.3 is 0 Å². The first kappa shape index (κ1) is 15.4. The van der Waals surface area contributed by atoms with Gasteiger partial charge in [0.15, 0.2) is 5.78 Å². The summed E-state index contributed by atoms with van der Waals surface area (Å²) in [6.45, 7) is 8.32. The lowest BCUT2D eigenvalue weighted by Crippen LogP contribution is -2.24. The van der Waals surface area contributed by atoms with Crippen LogP contribution >= 0.6 is 11.6 Å². The summed E-state index contributed by atoms with van der Waals surface area (Å²) in [6, 6.07) is 5.67. The fourth-order valence-electron chi connectivity index (χ4n) is 3.01. The van der Waals surface area contributed by atoms with E-state index in [2.05, 4.69) is 18.7 Å². The zero-order chi connectivity index (χ0) is 14.7. The van der Waals surface area contributed by atoms with E-state index in [9.17, 15) is 4.79 Å². The summed E-state index contributed by atoms with van der Waals surface area (Å²) >= 11 is 6.37. The number of nitrogens with zero attached hydrogens (tertiary/aromatic N) is 1. The molecule has 1 unspecified atom stereocenters. The zero-order valence-corrected chi connectivity index (χ0v) is 13.4. The molecule has 0 aliphatic carbocycles. The Morgan fingerprint density at radius 1 is 1.30 bits per heavy atom. The summed E-state index contributed by atoms with van der Waals surface area (Å²) in [5.41, 5.74) is 1.76. The molecule has 1 heterocycles. The molecule has 2 nitrogen and oxygen atoms in total. The Kier molecular flexibility index (Phi) is 5.09. The first-order valence-corrected chi connectivity index (χ1v) is 7.92. The third-order valence-corrected chi connectivity index (χ3v) is 4.71. The zero-order valence-electron chi connectivity index (χ0n) is 12.7. The second-order valence-electron chi connectivity index (χ2n) is 6.14. The van der Waals surface area contributed by atoms with Gasteiger partial charge in [0, 0.05) is 18.7 Å². The molecule has 20 heavy (non-hydrogen) atoms. The molecule has 1 atom stereocenters. The van der Waals surface area contributed by atoms with E-state index in [1.54, 1.807) is 13.0 Å². The molecule has 0 aromatic heterocycles. The Morgan fingerprint density at radius 3 is 2.65 bits per heavy atom. The fraction of sp³-hybridized carbons (Fsp3) is 0.588. The molecule has 3 heteroatoms. The largest absolute Gasteiger partial charge is 0.370 e. The van der Waals surface area contributed by atoms with Crippen molar-refractivity contribution in [1.82, 2.24) is 0 Å². The topological polar surface area (TPSA) is 20.3 Å². The molecule has 1 fully saturated rings. The van der Waals surface area contributed by atoms with E-state index in [1.807, 2.05) is 12.1 Å². The number of halogens is 1. The second-order valence-corrected chi connectivity index (χ2v) is 6.55. The monoisotopic (exact) mass is 293 g/mol. The summed E-state index contributed by atoms with van der Waals surface area (Å²) in [7, 11) is 0. The number of hydrogen-bond acceptors (Lipinski definition) is 2. The van der Waals surface area contributed by atoms with Crippen LogP contribution in [0, 0.1) is 11.8 Å². The second kappa shape index (κ2) is 6.62. The van der Waals surface area contributed by atoms with Crippen LogP contribution in [-0.4, -0.2) is 18.9 Å². The molecule has 0 saturated carbocycles. The van der Waals surface area contributed by atoms with Gasteiger partial charge in [-0.2, -0.15) is 0 Å². The molecule has 1 aromatic rings. The van der Waals surface area contributed by atoms with Crippen molar-refractivity contribution in [2.45, 2.75) is 40.0 Å². The third-order valence-electron chi connectivity index (χ3n) is 4.41. The van der Waals surface area contributed by atoms with Crippen molar-refractivity contribution in [1.29, 1.82) is 0 Å². The number of rotatable bonds is 3. The van der Waals surface area contributed by atoms with Crippen molar-refractivity contribution in [2.24, 2.45) is 11.8 Å². The lowest BCUT2D eigenvalue weighted by Gasteiger charge is -2.24. The maximum atomic E-state index is 11.4. The molecule has 2 rings (SSSR count). The lowest BCUT2D eigenvalue weighted by molar-refractivity contribution is 0.101. The van der Waals surface area contributed by atoms with Crippen molar-refractivity contribution < 1.29 is 4.79 Å². The summed E-state index contributed by atoms with van der Waals surface area (Å²) in [5, 5.41) is 0.695. The summed E-state index contributed by atoms with van der Waals surface area (Å²) in [5.74, 6) is 1.63. The van der Waals surface area contributed by atoms with Crippen LogP contribution in [0.2, 0.25) is 5.02 Å². The molecular weight excluding hydrogens is 270 g/mol. The summed E-state index contributed by atoms with van der Waals surface area (Å²) in [4.78, 5) is 13.8. The van der Waals surface area contributed by atoms with Crippen molar-refractivity contribution in [2.75, 3.05) is 18.0 Å². The van der Waals surface area contributed by atoms with Gasteiger partial charge in [-0.25, -0.2) is 0 Å². The highest BCUT2D eigenvalue weighted by atomic mass is 35.5. The van der Waals surface area contributed by atoms with E-state index >= 15 is 0 Å². The molecular formula is C17H24ClNO. The van der Waals surface area contributed by atoms with Crippen molar-refractivity contribution in [3.05, 3.63) is 28.8 Å². The maximum absolute atomic E-state index is 11.4. The first-order chi connectivity index (χ1) is 9.49. The first-order valence-electron chi connectivity index (χ1n) is 7.54. The third kappa shape index (κ3) is 3.54. The van der Waals surface area contributed by atoms with Gasteiger partial charge in [-0.1, -0.05) is 25.4 Å². The van der Waals surface area contributed by atoms with E-state index in [0.29, 0.717) is 10.6 Å². The van der Waals surface area contributed by atoms with Crippen molar-refractivity contribution >= 4 is 23.1 Å². The van der Waals surface area contributed by atoms with Crippen LogP contribution in [0.25, 0.3) is 0 Å². The molecule has 1 saturated heterocycles. The Balaban J connectivity index is 2.13. The minimum Gasteiger partial charge on any atom is -0.370 e.